The average Bonchev–Trinajstić information content (AvgIpc) is 3.45. The number of nitrogens with one attached hydrogen (secondary N) is 1. The lowest BCUT2D eigenvalue weighted by atomic mass is 9.86. The van der Waals surface area contributed by atoms with Crippen molar-refractivity contribution in [3.8, 4) is 22.8 Å². The van der Waals surface area contributed by atoms with Gasteiger partial charge in [0.1, 0.15) is 0 Å². The zero-order valence-electron chi connectivity index (χ0n) is 23.1. The lowest BCUT2D eigenvalue weighted by Crippen LogP contribution is -2.39. The molecular formula is C29H37N5O6. The summed E-state index contributed by atoms with van der Waals surface area (Å²) in [4.78, 5) is 32.3. The number of nitrogens with zero attached hydrogens (tertiary/aromatic N) is 4. The largest absolute Gasteiger partial charge is 0.493 e. The van der Waals surface area contributed by atoms with Gasteiger partial charge in [-0.2, -0.15) is 5.10 Å². The molecule has 0 bridgehead atoms. The molecular weight excluding hydrogens is 514 g/mol. The summed E-state index contributed by atoms with van der Waals surface area (Å²) in [7, 11) is 3.18. The topological polar surface area (TPSA) is 117 Å². The molecule has 1 aliphatic carbocycles. The number of carbonyl (C=O) groups is 2. The molecule has 0 atom stereocenters. The van der Waals surface area contributed by atoms with Gasteiger partial charge in [-0.3, -0.25) is 14.5 Å². The van der Waals surface area contributed by atoms with Crippen LogP contribution in [0.2, 0.25) is 0 Å². The van der Waals surface area contributed by atoms with Gasteiger partial charge in [0.05, 0.1) is 45.7 Å². The van der Waals surface area contributed by atoms with E-state index < -0.39 is 0 Å². The lowest BCUT2D eigenvalue weighted by Gasteiger charge is -2.28. The molecule has 40 heavy (non-hydrogen) atoms. The van der Waals surface area contributed by atoms with Gasteiger partial charge in [0.15, 0.2) is 22.8 Å². The Bertz CT molecular complexity index is 1310. The number of amides is 1. The molecule has 0 unspecified atom stereocenters. The predicted octanol–water partition coefficient (Wildman–Crippen LogP) is 2.97. The quantitative estimate of drug-likeness (QED) is 0.300. The van der Waals surface area contributed by atoms with E-state index in [0.717, 1.165) is 63.4 Å². The molecule has 1 saturated heterocycles. The van der Waals surface area contributed by atoms with Gasteiger partial charge in [-0.1, -0.05) is 0 Å². The number of rotatable bonds is 10. The summed E-state index contributed by atoms with van der Waals surface area (Å²) in [5, 5.41) is 7.65. The summed E-state index contributed by atoms with van der Waals surface area (Å²) < 4.78 is 23.3. The third-order valence-electron chi connectivity index (χ3n) is 7.63. The van der Waals surface area contributed by atoms with Crippen LogP contribution in [0.5, 0.6) is 11.5 Å². The van der Waals surface area contributed by atoms with Gasteiger partial charge in [-0.05, 0) is 56.4 Å². The highest BCUT2D eigenvalue weighted by Crippen LogP contribution is 2.32. The first-order valence-corrected chi connectivity index (χ1v) is 13.9. The highest BCUT2D eigenvalue weighted by Gasteiger charge is 2.29. The standard InChI is InChI=1S/C29H37N5O6/c1-37-25-9-6-21(18-26(25)38-2)24-10-11-30-27-19-23(32-34(24)27)28(35)31-22-7-4-20(5-8-22)29(36)40-15-3-12-33-13-16-39-17-14-33/h6,9-11,18-20,22H,3-5,7-8,12-17H2,1-2H3,(H,31,35). The number of fused-ring (bicyclic) bond motifs is 1. The van der Waals surface area contributed by atoms with Crippen molar-refractivity contribution < 1.29 is 28.5 Å². The number of aromatic nitrogens is 3. The second-order valence-electron chi connectivity index (χ2n) is 10.2. The molecule has 11 heteroatoms. The maximum Gasteiger partial charge on any atom is 0.308 e. The third-order valence-corrected chi connectivity index (χ3v) is 7.63. The van der Waals surface area contributed by atoms with Crippen LogP contribution in [0, 0.1) is 5.92 Å². The Labute approximate surface area is 233 Å². The summed E-state index contributed by atoms with van der Waals surface area (Å²) in [6.07, 6.45) is 5.36. The van der Waals surface area contributed by atoms with Gasteiger partial charge in [-0.25, -0.2) is 9.50 Å². The number of ether oxygens (including phenoxy) is 4. The van der Waals surface area contributed by atoms with E-state index in [9.17, 15) is 9.59 Å². The highest BCUT2D eigenvalue weighted by molar-refractivity contribution is 5.93. The minimum Gasteiger partial charge on any atom is -0.493 e. The average molecular weight is 552 g/mol. The van der Waals surface area contributed by atoms with Crippen LogP contribution in [0.1, 0.15) is 42.6 Å². The zero-order valence-corrected chi connectivity index (χ0v) is 23.1. The molecule has 2 fully saturated rings. The fourth-order valence-electron chi connectivity index (χ4n) is 5.36. The van der Waals surface area contributed by atoms with E-state index in [-0.39, 0.29) is 23.8 Å². The van der Waals surface area contributed by atoms with Crippen LogP contribution < -0.4 is 14.8 Å². The van der Waals surface area contributed by atoms with E-state index in [1.54, 1.807) is 31.0 Å². The summed E-state index contributed by atoms with van der Waals surface area (Å²) in [6.45, 7) is 4.79. The van der Waals surface area contributed by atoms with Crippen LogP contribution in [0.15, 0.2) is 36.5 Å². The molecule has 11 nitrogen and oxygen atoms in total. The van der Waals surface area contributed by atoms with Crippen molar-refractivity contribution in [2.24, 2.45) is 5.92 Å². The second-order valence-corrected chi connectivity index (χ2v) is 10.2. The first kappa shape index (κ1) is 27.9. The van der Waals surface area contributed by atoms with E-state index in [4.69, 9.17) is 18.9 Å². The molecule has 0 radical (unpaired) electrons. The van der Waals surface area contributed by atoms with Crippen molar-refractivity contribution in [1.29, 1.82) is 0 Å². The van der Waals surface area contributed by atoms with Gasteiger partial charge in [0.2, 0.25) is 0 Å². The van der Waals surface area contributed by atoms with Gasteiger partial charge in [0.25, 0.3) is 5.91 Å². The predicted molar refractivity (Wildman–Crippen MR) is 148 cm³/mol. The van der Waals surface area contributed by atoms with Gasteiger partial charge < -0.3 is 24.3 Å². The van der Waals surface area contributed by atoms with Gasteiger partial charge >= 0.3 is 5.97 Å². The summed E-state index contributed by atoms with van der Waals surface area (Å²) >= 11 is 0. The van der Waals surface area contributed by atoms with Crippen molar-refractivity contribution in [2.75, 3.05) is 53.7 Å². The second kappa shape index (κ2) is 13.1. The molecule has 2 aliphatic rings. The smallest absolute Gasteiger partial charge is 0.308 e. The first-order chi connectivity index (χ1) is 19.6. The minimum atomic E-state index is -0.252. The molecule has 1 N–H and O–H groups in total. The molecule has 0 spiro atoms. The van der Waals surface area contributed by atoms with Crippen LogP contribution in [0.25, 0.3) is 16.9 Å². The van der Waals surface area contributed by atoms with Crippen LogP contribution in [0.4, 0.5) is 0 Å². The molecule has 2 aromatic heterocycles. The fraction of sp³-hybridized carbons (Fsp3) is 0.517. The number of methoxy groups -OCH3 is 2. The first-order valence-electron chi connectivity index (χ1n) is 13.9. The Morgan fingerprint density at radius 3 is 2.55 bits per heavy atom. The minimum absolute atomic E-state index is 0.0130. The number of hydrogen-bond acceptors (Lipinski definition) is 9. The number of benzene rings is 1. The fourth-order valence-corrected chi connectivity index (χ4v) is 5.36. The van der Waals surface area contributed by atoms with Gasteiger partial charge in [0, 0.05) is 43.5 Å². The maximum atomic E-state index is 13.1. The number of hydrogen-bond donors (Lipinski definition) is 1. The molecule has 1 aliphatic heterocycles. The molecule has 5 rings (SSSR count). The number of carbonyl (C=O) groups excluding carboxylic acids is 2. The van der Waals surface area contributed by atoms with Crippen molar-refractivity contribution in [3.05, 3.63) is 42.2 Å². The van der Waals surface area contributed by atoms with Crippen LogP contribution in [-0.2, 0) is 14.3 Å². The Balaban J connectivity index is 1.13. The summed E-state index contributed by atoms with van der Waals surface area (Å²) in [5.41, 5.74) is 2.49. The van der Waals surface area contributed by atoms with E-state index in [2.05, 4.69) is 20.3 Å². The lowest BCUT2D eigenvalue weighted by molar-refractivity contribution is -0.150. The van der Waals surface area contributed by atoms with Crippen LogP contribution >= 0.6 is 0 Å². The van der Waals surface area contributed by atoms with E-state index >= 15 is 0 Å². The maximum absolute atomic E-state index is 13.1. The Morgan fingerprint density at radius 2 is 1.80 bits per heavy atom. The summed E-state index contributed by atoms with van der Waals surface area (Å²) in [6, 6.07) is 9.11. The van der Waals surface area contributed by atoms with E-state index in [1.807, 2.05) is 24.3 Å². The Kier molecular flexibility index (Phi) is 9.12. The van der Waals surface area contributed by atoms with Crippen molar-refractivity contribution in [3.63, 3.8) is 0 Å². The Morgan fingerprint density at radius 1 is 1.02 bits per heavy atom. The number of esters is 1. The van der Waals surface area contributed by atoms with Crippen LogP contribution in [-0.4, -0.2) is 91.1 Å². The van der Waals surface area contributed by atoms with Crippen LogP contribution in [0.3, 0.4) is 0 Å². The Hall–Kier alpha value is -3.70. The van der Waals surface area contributed by atoms with E-state index in [1.165, 1.54) is 0 Å². The third kappa shape index (κ3) is 6.53. The molecule has 1 amide bonds. The molecule has 214 valence electrons. The normalized spacial score (nSPS) is 19.8. The van der Waals surface area contributed by atoms with Crippen molar-refractivity contribution >= 4 is 17.5 Å². The zero-order chi connectivity index (χ0) is 27.9. The molecule has 3 aromatic rings. The van der Waals surface area contributed by atoms with Crippen molar-refractivity contribution in [1.82, 2.24) is 24.8 Å². The molecule has 3 heterocycles. The van der Waals surface area contributed by atoms with Gasteiger partial charge in [-0.15, -0.1) is 0 Å². The highest BCUT2D eigenvalue weighted by atomic mass is 16.5. The molecule has 1 saturated carbocycles. The summed E-state index contributed by atoms with van der Waals surface area (Å²) in [5.74, 6) is 0.741. The van der Waals surface area contributed by atoms with Crippen molar-refractivity contribution in [2.45, 2.75) is 38.1 Å². The monoisotopic (exact) mass is 551 g/mol. The van der Waals surface area contributed by atoms with E-state index in [0.29, 0.717) is 42.3 Å². The number of morpholine rings is 1. The molecule has 1 aromatic carbocycles. The SMILES string of the molecule is COc1ccc(-c2ccnc3cc(C(=O)NC4CCC(C(=O)OCCCN5CCOCC5)CC4)nn23)cc1OC.